The van der Waals surface area contributed by atoms with E-state index in [1.807, 2.05) is 4.90 Å². The standard InChI is InChI=1S/C10H18N2O2/c1-11-5-3-10(7-11)4-6-12(8-10)9(13)14-2/h3-8H2,1-2H3. The molecule has 0 bridgehead atoms. The summed E-state index contributed by atoms with van der Waals surface area (Å²) in [5, 5.41) is 0. The summed E-state index contributed by atoms with van der Waals surface area (Å²) < 4.78 is 4.74. The Morgan fingerprint density at radius 2 is 2.00 bits per heavy atom. The van der Waals surface area contributed by atoms with Crippen molar-refractivity contribution in [3.8, 4) is 0 Å². The molecule has 80 valence electrons. The third-order valence-electron chi connectivity index (χ3n) is 3.50. The summed E-state index contributed by atoms with van der Waals surface area (Å²) in [5.41, 5.74) is 0.364. The molecule has 2 rings (SSSR count). The maximum absolute atomic E-state index is 11.3. The van der Waals surface area contributed by atoms with Crippen molar-refractivity contribution in [2.24, 2.45) is 5.41 Å². The molecule has 2 aliphatic rings. The molecule has 2 aliphatic heterocycles. The molecule has 0 aromatic heterocycles. The van der Waals surface area contributed by atoms with Gasteiger partial charge in [0, 0.05) is 25.0 Å². The van der Waals surface area contributed by atoms with E-state index in [-0.39, 0.29) is 6.09 Å². The van der Waals surface area contributed by atoms with Crippen LogP contribution < -0.4 is 0 Å². The Kier molecular flexibility index (Phi) is 2.39. The number of ether oxygens (including phenoxy) is 1. The normalized spacial score (nSPS) is 32.9. The summed E-state index contributed by atoms with van der Waals surface area (Å²) in [6.45, 7) is 4.03. The maximum atomic E-state index is 11.3. The second-order valence-corrected chi connectivity index (χ2v) is 4.63. The van der Waals surface area contributed by atoms with E-state index in [4.69, 9.17) is 4.74 Å². The van der Waals surface area contributed by atoms with Gasteiger partial charge in [0.15, 0.2) is 0 Å². The minimum absolute atomic E-state index is 0.170. The van der Waals surface area contributed by atoms with E-state index < -0.39 is 0 Å². The lowest BCUT2D eigenvalue weighted by Crippen LogP contribution is -2.33. The average molecular weight is 198 g/mol. The number of carbonyl (C=O) groups excluding carboxylic acids is 1. The zero-order valence-corrected chi connectivity index (χ0v) is 8.95. The molecule has 0 radical (unpaired) electrons. The van der Waals surface area contributed by atoms with Gasteiger partial charge in [-0.05, 0) is 26.4 Å². The predicted octanol–water partition coefficient (Wildman–Crippen LogP) is 0.780. The number of hydrogen-bond donors (Lipinski definition) is 0. The van der Waals surface area contributed by atoms with Gasteiger partial charge < -0.3 is 14.5 Å². The van der Waals surface area contributed by atoms with E-state index in [2.05, 4.69) is 11.9 Å². The summed E-state index contributed by atoms with van der Waals surface area (Å²) in [7, 11) is 3.60. The number of amides is 1. The Balaban J connectivity index is 1.97. The quantitative estimate of drug-likeness (QED) is 0.576. The Morgan fingerprint density at radius 1 is 1.29 bits per heavy atom. The maximum Gasteiger partial charge on any atom is 0.409 e. The van der Waals surface area contributed by atoms with Crippen LogP contribution in [-0.4, -0.2) is 56.2 Å². The molecule has 1 amide bonds. The number of rotatable bonds is 0. The molecule has 0 N–H and O–H groups in total. The number of likely N-dealkylation sites (tertiary alicyclic amines) is 2. The number of methoxy groups -OCH3 is 1. The molecule has 2 heterocycles. The van der Waals surface area contributed by atoms with Crippen LogP contribution in [0.4, 0.5) is 4.79 Å². The van der Waals surface area contributed by atoms with Crippen molar-refractivity contribution in [3.05, 3.63) is 0 Å². The largest absolute Gasteiger partial charge is 0.453 e. The molecule has 1 unspecified atom stereocenters. The smallest absolute Gasteiger partial charge is 0.409 e. The molecule has 0 saturated carbocycles. The highest BCUT2D eigenvalue weighted by molar-refractivity contribution is 5.67. The van der Waals surface area contributed by atoms with Crippen LogP contribution in [0.15, 0.2) is 0 Å². The van der Waals surface area contributed by atoms with Crippen LogP contribution in [-0.2, 0) is 4.74 Å². The van der Waals surface area contributed by atoms with Gasteiger partial charge in [-0.15, -0.1) is 0 Å². The third kappa shape index (κ3) is 1.59. The molecule has 0 aromatic rings. The third-order valence-corrected chi connectivity index (χ3v) is 3.50. The van der Waals surface area contributed by atoms with Crippen LogP contribution >= 0.6 is 0 Å². The SMILES string of the molecule is COC(=O)N1CCC2(CCN(C)C2)C1. The summed E-state index contributed by atoms with van der Waals surface area (Å²) in [5.74, 6) is 0. The highest BCUT2D eigenvalue weighted by Crippen LogP contribution is 2.38. The highest BCUT2D eigenvalue weighted by atomic mass is 16.5. The van der Waals surface area contributed by atoms with Crippen molar-refractivity contribution in [2.45, 2.75) is 12.8 Å². The van der Waals surface area contributed by atoms with Gasteiger partial charge in [0.25, 0.3) is 0 Å². The van der Waals surface area contributed by atoms with Gasteiger partial charge in [-0.1, -0.05) is 0 Å². The topological polar surface area (TPSA) is 32.8 Å². The summed E-state index contributed by atoms with van der Waals surface area (Å²) in [4.78, 5) is 15.5. The van der Waals surface area contributed by atoms with E-state index in [0.29, 0.717) is 5.41 Å². The van der Waals surface area contributed by atoms with Gasteiger partial charge >= 0.3 is 6.09 Å². The summed E-state index contributed by atoms with van der Waals surface area (Å²) >= 11 is 0. The predicted molar refractivity (Wildman–Crippen MR) is 53.1 cm³/mol. The van der Waals surface area contributed by atoms with Gasteiger partial charge in [-0.3, -0.25) is 0 Å². The van der Waals surface area contributed by atoms with E-state index in [0.717, 1.165) is 32.6 Å². The molecule has 1 spiro atoms. The molecule has 1 atom stereocenters. The Labute approximate surface area is 84.8 Å². The van der Waals surface area contributed by atoms with Crippen LogP contribution in [0.3, 0.4) is 0 Å². The molecular weight excluding hydrogens is 180 g/mol. The van der Waals surface area contributed by atoms with Gasteiger partial charge in [0.1, 0.15) is 0 Å². The van der Waals surface area contributed by atoms with Crippen molar-refractivity contribution in [1.29, 1.82) is 0 Å². The van der Waals surface area contributed by atoms with E-state index in [1.54, 1.807) is 0 Å². The molecule has 4 heteroatoms. The number of nitrogens with zero attached hydrogens (tertiary/aromatic N) is 2. The Morgan fingerprint density at radius 3 is 2.57 bits per heavy atom. The Bertz CT molecular complexity index is 244. The number of hydrogen-bond acceptors (Lipinski definition) is 3. The zero-order valence-electron chi connectivity index (χ0n) is 8.95. The van der Waals surface area contributed by atoms with Crippen LogP contribution in [0, 0.1) is 5.41 Å². The van der Waals surface area contributed by atoms with E-state index in [1.165, 1.54) is 13.5 Å². The minimum atomic E-state index is -0.170. The molecule has 4 nitrogen and oxygen atoms in total. The molecule has 0 aromatic carbocycles. The molecule has 14 heavy (non-hydrogen) atoms. The summed E-state index contributed by atoms with van der Waals surface area (Å²) in [6.07, 6.45) is 2.18. The van der Waals surface area contributed by atoms with Crippen LogP contribution in [0.2, 0.25) is 0 Å². The summed E-state index contributed by atoms with van der Waals surface area (Å²) in [6, 6.07) is 0. The Hall–Kier alpha value is -0.770. The lowest BCUT2D eigenvalue weighted by molar-refractivity contribution is 0.127. The van der Waals surface area contributed by atoms with Crippen LogP contribution in [0.5, 0.6) is 0 Å². The first-order valence-corrected chi connectivity index (χ1v) is 5.17. The molecule has 2 fully saturated rings. The average Bonchev–Trinajstić information content (AvgIpc) is 2.74. The zero-order chi connectivity index (χ0) is 10.2. The van der Waals surface area contributed by atoms with Crippen molar-refractivity contribution in [3.63, 3.8) is 0 Å². The van der Waals surface area contributed by atoms with Gasteiger partial charge in [0.2, 0.25) is 0 Å². The van der Waals surface area contributed by atoms with Gasteiger partial charge in [-0.25, -0.2) is 4.79 Å². The second-order valence-electron chi connectivity index (χ2n) is 4.63. The first kappa shape index (κ1) is 9.77. The fraction of sp³-hybridized carbons (Fsp3) is 0.900. The van der Waals surface area contributed by atoms with E-state index in [9.17, 15) is 4.79 Å². The molecule has 2 saturated heterocycles. The minimum Gasteiger partial charge on any atom is -0.453 e. The first-order valence-electron chi connectivity index (χ1n) is 5.17. The van der Waals surface area contributed by atoms with Crippen molar-refractivity contribution >= 4 is 6.09 Å². The molecule has 0 aliphatic carbocycles. The highest BCUT2D eigenvalue weighted by Gasteiger charge is 2.43. The van der Waals surface area contributed by atoms with Crippen LogP contribution in [0.1, 0.15) is 12.8 Å². The van der Waals surface area contributed by atoms with Crippen molar-refractivity contribution in [2.75, 3.05) is 40.3 Å². The van der Waals surface area contributed by atoms with E-state index >= 15 is 0 Å². The monoisotopic (exact) mass is 198 g/mol. The molecular formula is C10H18N2O2. The lowest BCUT2D eigenvalue weighted by atomic mass is 9.86. The first-order chi connectivity index (χ1) is 6.65. The van der Waals surface area contributed by atoms with Crippen molar-refractivity contribution < 1.29 is 9.53 Å². The van der Waals surface area contributed by atoms with Crippen molar-refractivity contribution in [1.82, 2.24) is 9.80 Å². The lowest BCUT2D eigenvalue weighted by Gasteiger charge is -2.23. The van der Waals surface area contributed by atoms with Gasteiger partial charge in [0.05, 0.1) is 7.11 Å². The second kappa shape index (κ2) is 3.42. The fourth-order valence-electron chi connectivity index (χ4n) is 2.71. The van der Waals surface area contributed by atoms with Gasteiger partial charge in [-0.2, -0.15) is 0 Å². The van der Waals surface area contributed by atoms with Crippen LogP contribution in [0.25, 0.3) is 0 Å². The fourth-order valence-corrected chi connectivity index (χ4v) is 2.71. The number of carbonyl (C=O) groups is 1.